The van der Waals surface area contributed by atoms with Gasteiger partial charge in [-0.3, -0.25) is 0 Å². The fourth-order valence-corrected chi connectivity index (χ4v) is 4.07. The number of aromatic nitrogens is 1. The van der Waals surface area contributed by atoms with Crippen LogP contribution in [0.1, 0.15) is 35.0 Å². The zero-order chi connectivity index (χ0) is 12.3. The lowest BCUT2D eigenvalue weighted by Gasteiger charge is -2.14. The third kappa shape index (κ3) is 3.37. The Labute approximate surface area is 118 Å². The fraction of sp³-hybridized carbons (Fsp3) is 0.417. The van der Waals surface area contributed by atoms with Crippen molar-refractivity contribution in [3.63, 3.8) is 0 Å². The van der Waals surface area contributed by atoms with Gasteiger partial charge in [0.15, 0.2) is 0 Å². The summed E-state index contributed by atoms with van der Waals surface area (Å²) in [6.45, 7) is 5.24. The van der Waals surface area contributed by atoms with E-state index in [1.807, 2.05) is 6.92 Å². The summed E-state index contributed by atoms with van der Waals surface area (Å²) in [7, 11) is 0. The monoisotopic (exact) mass is 330 g/mol. The average molecular weight is 331 g/mol. The standard InChI is InChI=1S/C12H15BrN2S2/c1-3-4-14-11(10-5-9(13)7-16-10)12-15-8(2)6-17-12/h5-7,11,14H,3-4H2,1-2H3. The molecular formula is C12H15BrN2S2. The van der Waals surface area contributed by atoms with Gasteiger partial charge in [0, 0.05) is 25.8 Å². The van der Waals surface area contributed by atoms with Gasteiger partial charge in [0.2, 0.25) is 0 Å². The van der Waals surface area contributed by atoms with Crippen LogP contribution >= 0.6 is 38.6 Å². The molecule has 0 saturated heterocycles. The molecule has 2 rings (SSSR count). The van der Waals surface area contributed by atoms with E-state index in [1.54, 1.807) is 22.7 Å². The summed E-state index contributed by atoms with van der Waals surface area (Å²) in [5.41, 5.74) is 1.10. The van der Waals surface area contributed by atoms with Crippen molar-refractivity contribution in [3.05, 3.63) is 36.9 Å². The third-order valence-corrected chi connectivity index (χ3v) is 5.14. The zero-order valence-electron chi connectivity index (χ0n) is 9.87. The zero-order valence-corrected chi connectivity index (χ0v) is 13.1. The van der Waals surface area contributed by atoms with E-state index >= 15 is 0 Å². The molecule has 92 valence electrons. The summed E-state index contributed by atoms with van der Waals surface area (Å²) in [6.07, 6.45) is 1.13. The maximum atomic E-state index is 4.60. The number of nitrogens with one attached hydrogen (secondary N) is 1. The molecule has 0 spiro atoms. The lowest BCUT2D eigenvalue weighted by Crippen LogP contribution is -2.22. The fourth-order valence-electron chi connectivity index (χ4n) is 1.58. The molecule has 2 nitrogen and oxygen atoms in total. The summed E-state index contributed by atoms with van der Waals surface area (Å²) in [5.74, 6) is 0. The van der Waals surface area contributed by atoms with Crippen molar-refractivity contribution in [1.29, 1.82) is 0 Å². The normalized spacial score (nSPS) is 12.9. The van der Waals surface area contributed by atoms with Crippen molar-refractivity contribution in [2.45, 2.75) is 26.3 Å². The Morgan fingerprint density at radius 2 is 2.24 bits per heavy atom. The molecule has 0 saturated carbocycles. The predicted molar refractivity (Wildman–Crippen MR) is 79.0 cm³/mol. The number of hydrogen-bond acceptors (Lipinski definition) is 4. The molecule has 0 aliphatic heterocycles. The molecule has 17 heavy (non-hydrogen) atoms. The number of halogens is 1. The first-order valence-corrected chi connectivity index (χ1v) is 8.15. The number of rotatable bonds is 5. The van der Waals surface area contributed by atoms with Crippen LogP contribution in [0.2, 0.25) is 0 Å². The summed E-state index contributed by atoms with van der Waals surface area (Å²) < 4.78 is 1.15. The van der Waals surface area contributed by atoms with Gasteiger partial charge < -0.3 is 5.32 Å². The lowest BCUT2D eigenvalue weighted by molar-refractivity contribution is 0.602. The first kappa shape index (κ1) is 13.2. The minimum atomic E-state index is 0.241. The molecule has 0 amide bonds. The van der Waals surface area contributed by atoms with Gasteiger partial charge in [-0.25, -0.2) is 4.98 Å². The summed E-state index contributed by atoms with van der Waals surface area (Å²) >= 11 is 7.01. The van der Waals surface area contributed by atoms with Crippen LogP contribution in [0, 0.1) is 6.92 Å². The quantitative estimate of drug-likeness (QED) is 0.880. The molecule has 0 aliphatic rings. The van der Waals surface area contributed by atoms with Gasteiger partial charge >= 0.3 is 0 Å². The number of nitrogens with zero attached hydrogens (tertiary/aromatic N) is 1. The first-order chi connectivity index (χ1) is 8.20. The molecule has 1 atom stereocenters. The Balaban J connectivity index is 2.24. The Kier molecular flexibility index (Phi) is 4.73. The number of hydrogen-bond donors (Lipinski definition) is 1. The van der Waals surface area contributed by atoms with E-state index in [0.717, 1.165) is 28.1 Å². The number of thiazole rings is 1. The molecule has 0 radical (unpaired) electrons. The molecule has 0 fully saturated rings. The van der Waals surface area contributed by atoms with Gasteiger partial charge in [-0.15, -0.1) is 22.7 Å². The van der Waals surface area contributed by atoms with Crippen LogP contribution in [0.15, 0.2) is 21.3 Å². The molecule has 0 bridgehead atoms. The SMILES string of the molecule is CCCNC(c1cc(Br)cs1)c1nc(C)cs1. The maximum Gasteiger partial charge on any atom is 0.115 e. The minimum Gasteiger partial charge on any atom is -0.304 e. The number of thiophene rings is 1. The Morgan fingerprint density at radius 3 is 2.76 bits per heavy atom. The maximum absolute atomic E-state index is 4.60. The van der Waals surface area contributed by atoms with Gasteiger partial charge in [-0.1, -0.05) is 6.92 Å². The van der Waals surface area contributed by atoms with Gasteiger partial charge in [-0.05, 0) is 41.9 Å². The molecule has 1 unspecified atom stereocenters. The van der Waals surface area contributed by atoms with Crippen LogP contribution in [0.3, 0.4) is 0 Å². The molecule has 2 aromatic rings. The highest BCUT2D eigenvalue weighted by Gasteiger charge is 2.18. The molecule has 0 aromatic carbocycles. The van der Waals surface area contributed by atoms with E-state index in [4.69, 9.17) is 0 Å². The Bertz CT molecular complexity index is 438. The largest absolute Gasteiger partial charge is 0.304 e. The van der Waals surface area contributed by atoms with Gasteiger partial charge in [0.1, 0.15) is 5.01 Å². The van der Waals surface area contributed by atoms with E-state index in [9.17, 15) is 0 Å². The van der Waals surface area contributed by atoms with E-state index in [1.165, 1.54) is 4.88 Å². The van der Waals surface area contributed by atoms with Gasteiger partial charge in [0.25, 0.3) is 0 Å². The smallest absolute Gasteiger partial charge is 0.115 e. The average Bonchev–Trinajstić information content (AvgIpc) is 2.89. The van der Waals surface area contributed by atoms with Crippen LogP contribution in [-0.4, -0.2) is 11.5 Å². The van der Waals surface area contributed by atoms with E-state index in [0.29, 0.717) is 0 Å². The van der Waals surface area contributed by atoms with Crippen molar-refractivity contribution in [2.75, 3.05) is 6.54 Å². The van der Waals surface area contributed by atoms with Crippen LogP contribution in [-0.2, 0) is 0 Å². The Morgan fingerprint density at radius 1 is 1.41 bits per heavy atom. The second-order valence-electron chi connectivity index (χ2n) is 3.88. The van der Waals surface area contributed by atoms with Gasteiger partial charge in [-0.2, -0.15) is 0 Å². The molecule has 2 heterocycles. The third-order valence-electron chi connectivity index (χ3n) is 2.35. The van der Waals surface area contributed by atoms with Crippen LogP contribution in [0.25, 0.3) is 0 Å². The molecule has 0 aliphatic carbocycles. The topological polar surface area (TPSA) is 24.9 Å². The van der Waals surface area contributed by atoms with Crippen LogP contribution in [0.4, 0.5) is 0 Å². The van der Waals surface area contributed by atoms with Gasteiger partial charge in [0.05, 0.1) is 6.04 Å². The summed E-state index contributed by atoms with van der Waals surface area (Å²) in [6, 6.07) is 2.42. The lowest BCUT2D eigenvalue weighted by atomic mass is 10.2. The highest BCUT2D eigenvalue weighted by molar-refractivity contribution is 9.10. The summed E-state index contributed by atoms with van der Waals surface area (Å²) in [4.78, 5) is 5.92. The van der Waals surface area contributed by atoms with Crippen molar-refractivity contribution in [1.82, 2.24) is 10.3 Å². The second kappa shape index (κ2) is 6.09. The van der Waals surface area contributed by atoms with Crippen molar-refractivity contribution in [3.8, 4) is 0 Å². The van der Waals surface area contributed by atoms with E-state index < -0.39 is 0 Å². The van der Waals surface area contributed by atoms with Crippen molar-refractivity contribution >= 4 is 38.6 Å². The summed E-state index contributed by atoms with van der Waals surface area (Å²) in [5, 5.41) is 8.96. The minimum absolute atomic E-state index is 0.241. The second-order valence-corrected chi connectivity index (χ2v) is 6.63. The highest BCUT2D eigenvalue weighted by atomic mass is 79.9. The molecule has 2 aromatic heterocycles. The van der Waals surface area contributed by atoms with Crippen molar-refractivity contribution < 1.29 is 0 Å². The van der Waals surface area contributed by atoms with Crippen LogP contribution < -0.4 is 5.32 Å². The highest BCUT2D eigenvalue weighted by Crippen LogP contribution is 2.31. The predicted octanol–water partition coefficient (Wildman–Crippen LogP) is 4.36. The van der Waals surface area contributed by atoms with Crippen molar-refractivity contribution in [2.24, 2.45) is 0 Å². The molecular weight excluding hydrogens is 316 g/mol. The number of aryl methyl sites for hydroxylation is 1. The van der Waals surface area contributed by atoms with E-state index in [2.05, 4.69) is 50.0 Å². The molecule has 1 N–H and O–H groups in total. The van der Waals surface area contributed by atoms with E-state index in [-0.39, 0.29) is 6.04 Å². The Hall–Kier alpha value is -0.230. The van der Waals surface area contributed by atoms with Crippen LogP contribution in [0.5, 0.6) is 0 Å². The molecule has 5 heteroatoms. The first-order valence-electron chi connectivity index (χ1n) is 5.60.